The van der Waals surface area contributed by atoms with Crippen molar-refractivity contribution in [1.29, 1.82) is 0 Å². The van der Waals surface area contributed by atoms with E-state index in [1.807, 2.05) is 0 Å². The van der Waals surface area contributed by atoms with Crippen LogP contribution in [0.4, 0.5) is 68.2 Å². The van der Waals surface area contributed by atoms with Crippen molar-refractivity contribution in [3.05, 3.63) is 241 Å². The van der Waals surface area contributed by atoms with Crippen molar-refractivity contribution in [2.75, 3.05) is 19.6 Å². The van der Waals surface area contributed by atoms with Gasteiger partial charge in [0.2, 0.25) is 0 Å². The molecule has 96 heavy (non-hydrogen) atoms. The fourth-order valence-corrected chi connectivity index (χ4v) is 25.0. The highest BCUT2D eigenvalue weighted by atomic mass is 28.3. The second-order valence-electron chi connectivity index (χ2n) is 32.5. The predicted molar refractivity (Wildman–Crippen MR) is 412 cm³/mol. The summed E-state index contributed by atoms with van der Waals surface area (Å²) in [6, 6.07) is 84.4. The molecule has 6 nitrogen and oxygen atoms in total. The highest BCUT2D eigenvalue weighted by molar-refractivity contribution is 7.04. The molecule has 11 aromatic carbocycles. The van der Waals surface area contributed by atoms with Crippen LogP contribution in [0.2, 0.25) is 26.2 Å². The zero-order valence-corrected chi connectivity index (χ0v) is 59.4. The van der Waals surface area contributed by atoms with E-state index >= 15 is 0 Å². The topological polar surface area (TPSA) is 31.4 Å². The molecule has 10 heteroatoms. The molecular formula is C86H80B2N4O2Si2. The summed E-state index contributed by atoms with van der Waals surface area (Å²) in [5, 5.41) is 5.72. The monoisotopic (exact) mass is 1280 g/mol. The Morgan fingerprint density at radius 3 is 0.958 bits per heavy atom. The van der Waals surface area contributed by atoms with Crippen LogP contribution in [0.15, 0.2) is 218 Å². The first-order chi connectivity index (χ1) is 46.1. The molecule has 0 aromatic heterocycles. The van der Waals surface area contributed by atoms with E-state index in [1.54, 1.807) is 0 Å². The van der Waals surface area contributed by atoms with Crippen LogP contribution in [0.1, 0.15) is 103 Å². The fraction of sp³-hybridized carbons (Fsp3) is 0.233. The standard InChI is InChI=1S/C86H80B2N4O2Si2/c1-83(2)41-43-85(5,6)59-45-53(37-39-57(59)83)89-65-27-15-13-25-61(65)87-63-51-64-74(52-73(63)93-75-49-55(47-71(89)81(75)87)91-67-29-17-21-33-77(67)95(9,10)78-34-22-18-30-68(78)91)94-76-50-56(92-69-31-19-23-35-79(69)96(11,12)80-36-24-20-32-70(80)92)48-72-82(76)88(64)62-26-14-16-28-66(62)90(72)54-38-40-58-60(46-54)86(7,8)44-42-84(58,3)4/h13-40,45-52H,41-44H2,1-12H3. The van der Waals surface area contributed by atoms with E-state index in [4.69, 9.17) is 9.47 Å². The lowest BCUT2D eigenvalue weighted by Crippen LogP contribution is -2.63. The summed E-state index contributed by atoms with van der Waals surface area (Å²) in [6.45, 7) is 29.2. The number of nitrogens with zero attached hydrogens (tertiary/aromatic N) is 4. The summed E-state index contributed by atoms with van der Waals surface area (Å²) < 4.78 is 15.6. The zero-order chi connectivity index (χ0) is 65.5. The molecule has 2 aliphatic carbocycles. The van der Waals surface area contributed by atoms with E-state index in [9.17, 15) is 0 Å². The summed E-state index contributed by atoms with van der Waals surface area (Å²) in [6.07, 6.45) is 4.59. The second kappa shape index (κ2) is 19.7. The number of hydrogen-bond donors (Lipinski definition) is 0. The maximum atomic E-state index is 7.78. The van der Waals surface area contributed by atoms with Crippen molar-refractivity contribution in [1.82, 2.24) is 0 Å². The third-order valence-corrected chi connectivity index (χ3v) is 31.5. The minimum atomic E-state index is -2.12. The van der Waals surface area contributed by atoms with Gasteiger partial charge in [-0.25, -0.2) is 0 Å². The van der Waals surface area contributed by atoms with Gasteiger partial charge in [-0.3, -0.25) is 0 Å². The Morgan fingerprint density at radius 2 is 0.594 bits per heavy atom. The van der Waals surface area contributed by atoms with Gasteiger partial charge in [0, 0.05) is 75.1 Å². The SMILES string of the molecule is CC1(C)CCC(C)(C)c2cc(N3c4ccccc4B4c5cc6c(cc5Oc5cc(N7c8ccccc8[Si](C)(C)c8ccccc87)cc3c54)Oc3cc(N4c5ccccc5[Si](C)(C)c5ccccc54)cc4c3B6c3ccccc3N4c3ccc4c(c3)C(C)(C)CCC4(C)C)ccc21. The molecule has 0 bridgehead atoms. The lowest BCUT2D eigenvalue weighted by Gasteiger charge is -2.45. The maximum absolute atomic E-state index is 7.78. The van der Waals surface area contributed by atoms with Gasteiger partial charge in [0.1, 0.15) is 39.1 Å². The van der Waals surface area contributed by atoms with Gasteiger partial charge in [-0.05, 0) is 196 Å². The summed E-state index contributed by atoms with van der Waals surface area (Å²) in [4.78, 5) is 10.2. The van der Waals surface area contributed by atoms with E-state index in [1.165, 1.54) is 110 Å². The fourth-order valence-electron chi connectivity index (χ4n) is 19.0. The Bertz CT molecular complexity index is 4820. The first kappa shape index (κ1) is 58.2. The molecule has 0 saturated heterocycles. The first-order valence-corrected chi connectivity index (χ1v) is 41.1. The van der Waals surface area contributed by atoms with Gasteiger partial charge in [-0.15, -0.1) is 0 Å². The van der Waals surface area contributed by atoms with Crippen molar-refractivity contribution in [3.63, 3.8) is 0 Å². The third-order valence-electron chi connectivity index (χ3n) is 24.4. The Hall–Kier alpha value is -9.22. The van der Waals surface area contributed by atoms with Crippen LogP contribution >= 0.6 is 0 Å². The molecule has 0 saturated carbocycles. The van der Waals surface area contributed by atoms with Crippen LogP contribution in [0.3, 0.4) is 0 Å². The van der Waals surface area contributed by atoms with Gasteiger partial charge in [0.15, 0.2) is 0 Å². The lowest BCUT2D eigenvalue weighted by molar-refractivity contribution is 0.332. The number of anilines is 12. The number of ether oxygens (including phenoxy) is 2. The summed E-state index contributed by atoms with van der Waals surface area (Å²) in [5.41, 5.74) is 27.2. The van der Waals surface area contributed by atoms with Crippen LogP contribution in [0.25, 0.3) is 0 Å². The number of rotatable bonds is 4. The van der Waals surface area contributed by atoms with E-state index in [-0.39, 0.29) is 35.1 Å². The molecule has 6 aliphatic heterocycles. The largest absolute Gasteiger partial charge is 0.458 e. The van der Waals surface area contributed by atoms with E-state index in [0.717, 1.165) is 82.4 Å². The quantitative estimate of drug-likeness (QED) is 0.163. The first-order valence-electron chi connectivity index (χ1n) is 35.1. The normalized spacial score (nSPS) is 18.6. The molecule has 6 heterocycles. The highest BCUT2D eigenvalue weighted by Gasteiger charge is 2.50. The van der Waals surface area contributed by atoms with Crippen molar-refractivity contribution in [2.24, 2.45) is 0 Å². The number of fused-ring (bicyclic) bond motifs is 14. The van der Waals surface area contributed by atoms with Gasteiger partial charge >= 0.3 is 0 Å². The van der Waals surface area contributed by atoms with Crippen molar-refractivity contribution >= 4 is 151 Å². The molecule has 0 N–H and O–H groups in total. The van der Waals surface area contributed by atoms with Crippen molar-refractivity contribution < 1.29 is 9.47 Å². The Labute approximate surface area is 569 Å². The number of benzene rings is 11. The Morgan fingerprint density at radius 1 is 0.281 bits per heavy atom. The summed E-state index contributed by atoms with van der Waals surface area (Å²) in [5.74, 6) is 3.36. The van der Waals surface area contributed by atoms with Crippen LogP contribution in [0.5, 0.6) is 23.0 Å². The molecule has 8 aliphatic rings. The van der Waals surface area contributed by atoms with Crippen LogP contribution in [-0.4, -0.2) is 29.6 Å². The Balaban J connectivity index is 0.848. The van der Waals surface area contributed by atoms with E-state index < -0.39 is 16.1 Å². The highest BCUT2D eigenvalue weighted by Crippen LogP contribution is 2.54. The lowest BCUT2D eigenvalue weighted by atomic mass is 9.31. The van der Waals surface area contributed by atoms with Gasteiger partial charge in [0.05, 0.1) is 11.4 Å². The molecule has 0 unspecified atom stereocenters. The predicted octanol–water partition coefficient (Wildman–Crippen LogP) is 16.4. The second-order valence-corrected chi connectivity index (χ2v) is 41.2. The van der Waals surface area contributed by atoms with E-state index in [2.05, 4.69) is 320 Å². The smallest absolute Gasteiger partial charge is 0.256 e. The number of para-hydroxylation sites is 6. The van der Waals surface area contributed by atoms with Crippen LogP contribution < -0.4 is 82.6 Å². The molecular weight excluding hydrogens is 1200 g/mol. The third kappa shape index (κ3) is 8.00. The molecule has 0 amide bonds. The minimum absolute atomic E-state index is 0.00752. The maximum Gasteiger partial charge on any atom is 0.256 e. The van der Waals surface area contributed by atoms with Gasteiger partial charge in [0.25, 0.3) is 13.4 Å². The molecule has 11 aromatic rings. The molecule has 0 atom stereocenters. The number of hydrogen-bond acceptors (Lipinski definition) is 6. The van der Waals surface area contributed by atoms with Crippen LogP contribution in [0, 0.1) is 0 Å². The summed E-state index contributed by atoms with van der Waals surface area (Å²) in [7, 11) is -4.23. The minimum Gasteiger partial charge on any atom is -0.458 e. The van der Waals surface area contributed by atoms with E-state index in [0.29, 0.717) is 0 Å². The zero-order valence-electron chi connectivity index (χ0n) is 57.4. The average molecular weight is 1280 g/mol. The Kier molecular flexibility index (Phi) is 12.0. The van der Waals surface area contributed by atoms with Crippen molar-refractivity contribution in [3.8, 4) is 23.0 Å². The summed E-state index contributed by atoms with van der Waals surface area (Å²) >= 11 is 0. The molecule has 0 spiro atoms. The van der Waals surface area contributed by atoms with Crippen molar-refractivity contribution in [2.45, 2.75) is 129 Å². The van der Waals surface area contributed by atoms with Gasteiger partial charge in [-0.1, -0.05) is 209 Å². The molecule has 470 valence electrons. The molecule has 19 rings (SSSR count). The average Bonchev–Trinajstić information content (AvgIpc) is 0.695. The van der Waals surface area contributed by atoms with Gasteiger partial charge < -0.3 is 29.1 Å². The molecule has 0 fully saturated rings. The van der Waals surface area contributed by atoms with Crippen LogP contribution in [-0.2, 0) is 21.7 Å². The van der Waals surface area contributed by atoms with Gasteiger partial charge in [-0.2, -0.15) is 0 Å². The molecule has 0 radical (unpaired) electrons.